The third-order valence-electron chi connectivity index (χ3n) is 3.12. The highest BCUT2D eigenvalue weighted by molar-refractivity contribution is 14.0. The molecule has 1 aromatic rings. The molecule has 21 heavy (non-hydrogen) atoms. The Labute approximate surface area is 142 Å². The Morgan fingerprint density at radius 2 is 2.19 bits per heavy atom. The van der Waals surface area contributed by atoms with Gasteiger partial charge in [-0.05, 0) is 18.6 Å². The standard InChI is InChI=1S/C14H20N4O2.HI/c1-15-14(16-2)17-8-5-9-18-11-6-3-4-7-12(11)20-10-13(18)19;/h3-4,6-7H,5,8-10H2,1-2H3,(H2,15,16,17);1H. The van der Waals surface area contributed by atoms with Crippen molar-refractivity contribution in [3.63, 3.8) is 0 Å². The van der Waals surface area contributed by atoms with Crippen molar-refractivity contribution in [2.24, 2.45) is 4.99 Å². The normalized spacial score (nSPS) is 13.9. The molecule has 0 saturated heterocycles. The van der Waals surface area contributed by atoms with Crippen molar-refractivity contribution < 1.29 is 9.53 Å². The van der Waals surface area contributed by atoms with Crippen molar-refractivity contribution >= 4 is 41.5 Å². The van der Waals surface area contributed by atoms with Gasteiger partial charge in [0.05, 0.1) is 5.69 Å². The molecule has 0 fully saturated rings. The Hall–Kier alpha value is -1.51. The van der Waals surface area contributed by atoms with Crippen molar-refractivity contribution in [3.05, 3.63) is 24.3 Å². The molecule has 116 valence electrons. The zero-order chi connectivity index (χ0) is 14.4. The number of fused-ring (bicyclic) bond motifs is 1. The molecule has 6 nitrogen and oxygen atoms in total. The van der Waals surface area contributed by atoms with E-state index in [4.69, 9.17) is 4.74 Å². The van der Waals surface area contributed by atoms with Crippen LogP contribution >= 0.6 is 24.0 Å². The lowest BCUT2D eigenvalue weighted by atomic mass is 10.2. The molecule has 1 aromatic carbocycles. The van der Waals surface area contributed by atoms with Gasteiger partial charge in [0.15, 0.2) is 12.6 Å². The summed E-state index contributed by atoms with van der Waals surface area (Å²) in [6, 6.07) is 7.61. The van der Waals surface area contributed by atoms with Gasteiger partial charge in [0.2, 0.25) is 0 Å². The quantitative estimate of drug-likeness (QED) is 0.343. The van der Waals surface area contributed by atoms with Crippen molar-refractivity contribution in [3.8, 4) is 5.75 Å². The van der Waals surface area contributed by atoms with Crippen molar-refractivity contribution in [1.29, 1.82) is 0 Å². The summed E-state index contributed by atoms with van der Waals surface area (Å²) in [5.74, 6) is 1.52. The van der Waals surface area contributed by atoms with Crippen LogP contribution in [0.4, 0.5) is 5.69 Å². The van der Waals surface area contributed by atoms with E-state index in [-0.39, 0.29) is 36.5 Å². The van der Waals surface area contributed by atoms with Crippen LogP contribution in [0.25, 0.3) is 0 Å². The molecule has 0 saturated carbocycles. The van der Waals surface area contributed by atoms with Crippen molar-refractivity contribution in [1.82, 2.24) is 10.6 Å². The average Bonchev–Trinajstić information content (AvgIpc) is 2.49. The predicted octanol–water partition coefficient (Wildman–Crippen LogP) is 1.21. The number of nitrogens with zero attached hydrogens (tertiary/aromatic N) is 2. The Morgan fingerprint density at radius 3 is 2.90 bits per heavy atom. The van der Waals surface area contributed by atoms with Crippen LogP contribution in [0, 0.1) is 0 Å². The number of anilines is 1. The van der Waals surface area contributed by atoms with Gasteiger partial charge in [-0.25, -0.2) is 0 Å². The highest BCUT2D eigenvalue weighted by Crippen LogP contribution is 2.31. The van der Waals surface area contributed by atoms with Crippen LogP contribution in [0.5, 0.6) is 5.75 Å². The number of ether oxygens (including phenoxy) is 1. The molecule has 2 rings (SSSR count). The summed E-state index contributed by atoms with van der Waals surface area (Å²) in [6.45, 7) is 1.52. The first kappa shape index (κ1) is 17.5. The lowest BCUT2D eigenvalue weighted by Gasteiger charge is -2.29. The molecule has 0 bridgehead atoms. The highest BCUT2D eigenvalue weighted by Gasteiger charge is 2.24. The first-order chi connectivity index (χ1) is 9.76. The van der Waals surface area contributed by atoms with Gasteiger partial charge in [0.25, 0.3) is 5.91 Å². The second-order valence-electron chi connectivity index (χ2n) is 4.40. The number of amides is 1. The lowest BCUT2D eigenvalue weighted by molar-refractivity contribution is -0.121. The lowest BCUT2D eigenvalue weighted by Crippen LogP contribution is -2.41. The van der Waals surface area contributed by atoms with Crippen LogP contribution < -0.4 is 20.3 Å². The number of rotatable bonds is 4. The van der Waals surface area contributed by atoms with Crippen LogP contribution in [-0.2, 0) is 4.79 Å². The molecule has 1 aliphatic rings. The second-order valence-corrected chi connectivity index (χ2v) is 4.40. The number of nitrogens with one attached hydrogen (secondary N) is 2. The van der Waals surface area contributed by atoms with E-state index < -0.39 is 0 Å². The van der Waals surface area contributed by atoms with Gasteiger partial charge in [-0.2, -0.15) is 0 Å². The maximum atomic E-state index is 11.9. The minimum Gasteiger partial charge on any atom is -0.482 e. The highest BCUT2D eigenvalue weighted by atomic mass is 127. The summed E-state index contributed by atoms with van der Waals surface area (Å²) < 4.78 is 5.41. The fraction of sp³-hybridized carbons (Fsp3) is 0.429. The van der Waals surface area contributed by atoms with Crippen LogP contribution in [0.1, 0.15) is 6.42 Å². The summed E-state index contributed by atoms with van der Waals surface area (Å²) in [4.78, 5) is 17.8. The fourth-order valence-corrected chi connectivity index (χ4v) is 2.12. The van der Waals surface area contributed by atoms with Crippen molar-refractivity contribution in [2.75, 3.05) is 38.7 Å². The molecule has 2 N–H and O–H groups in total. The van der Waals surface area contributed by atoms with Gasteiger partial charge in [-0.1, -0.05) is 12.1 Å². The minimum atomic E-state index is 0. The first-order valence-corrected chi connectivity index (χ1v) is 6.67. The molecule has 0 atom stereocenters. The van der Waals surface area contributed by atoms with E-state index >= 15 is 0 Å². The van der Waals surface area contributed by atoms with Gasteiger partial charge in [0.1, 0.15) is 5.75 Å². The predicted molar refractivity (Wildman–Crippen MR) is 94.7 cm³/mol. The monoisotopic (exact) mass is 404 g/mol. The average molecular weight is 404 g/mol. The third kappa shape index (κ3) is 4.48. The molecule has 0 unspecified atom stereocenters. The molecule has 1 aliphatic heterocycles. The number of hydrogen-bond donors (Lipinski definition) is 2. The SMILES string of the molecule is CN=C(NC)NCCCN1C(=O)COc2ccccc21.I. The molecule has 0 aliphatic carbocycles. The van der Waals surface area contributed by atoms with Gasteiger partial charge in [-0.15, -0.1) is 24.0 Å². The number of carbonyl (C=O) groups excluding carboxylic acids is 1. The smallest absolute Gasteiger partial charge is 0.265 e. The largest absolute Gasteiger partial charge is 0.482 e. The third-order valence-corrected chi connectivity index (χ3v) is 3.12. The van der Waals surface area contributed by atoms with Gasteiger partial charge in [0, 0.05) is 27.2 Å². The number of benzene rings is 1. The molecule has 1 heterocycles. The van der Waals surface area contributed by atoms with Gasteiger partial charge >= 0.3 is 0 Å². The topological polar surface area (TPSA) is 66.0 Å². The first-order valence-electron chi connectivity index (χ1n) is 6.67. The van der Waals surface area contributed by atoms with Crippen LogP contribution in [0.2, 0.25) is 0 Å². The summed E-state index contributed by atoms with van der Waals surface area (Å²) in [7, 11) is 3.54. The van der Waals surface area contributed by atoms with E-state index in [1.807, 2.05) is 31.3 Å². The van der Waals surface area contributed by atoms with Crippen LogP contribution in [-0.4, -0.2) is 45.7 Å². The summed E-state index contributed by atoms with van der Waals surface area (Å²) in [5.41, 5.74) is 0.849. The zero-order valence-corrected chi connectivity index (χ0v) is 14.6. The van der Waals surface area contributed by atoms with Crippen molar-refractivity contribution in [2.45, 2.75) is 6.42 Å². The van der Waals surface area contributed by atoms with E-state index in [0.717, 1.165) is 30.4 Å². The van der Waals surface area contributed by atoms with E-state index in [1.54, 1.807) is 11.9 Å². The molecule has 0 radical (unpaired) electrons. The molecule has 1 amide bonds. The minimum absolute atomic E-state index is 0. The van der Waals surface area contributed by atoms with Gasteiger partial charge < -0.3 is 20.3 Å². The Bertz CT molecular complexity index is 508. The number of halogens is 1. The number of hydrogen-bond acceptors (Lipinski definition) is 3. The Morgan fingerprint density at radius 1 is 1.43 bits per heavy atom. The maximum Gasteiger partial charge on any atom is 0.265 e. The molecular formula is C14H21IN4O2. The number of aliphatic imine (C=N–C) groups is 1. The number of guanidine groups is 1. The summed E-state index contributed by atoms with van der Waals surface area (Å²) >= 11 is 0. The van der Waals surface area contributed by atoms with E-state index in [0.29, 0.717) is 6.54 Å². The molecule has 7 heteroatoms. The van der Waals surface area contributed by atoms with E-state index in [2.05, 4.69) is 15.6 Å². The maximum absolute atomic E-state index is 11.9. The zero-order valence-electron chi connectivity index (χ0n) is 12.3. The molecule has 0 spiro atoms. The van der Waals surface area contributed by atoms with Crippen LogP contribution in [0.3, 0.4) is 0 Å². The second kappa shape index (κ2) is 8.71. The van der Waals surface area contributed by atoms with E-state index in [1.165, 1.54) is 0 Å². The summed E-state index contributed by atoms with van der Waals surface area (Å²) in [6.07, 6.45) is 0.834. The fourth-order valence-electron chi connectivity index (χ4n) is 2.12. The number of para-hydroxylation sites is 2. The molecular weight excluding hydrogens is 383 g/mol. The number of carbonyl (C=O) groups is 1. The Kier molecular flexibility index (Phi) is 7.27. The van der Waals surface area contributed by atoms with Gasteiger partial charge in [-0.3, -0.25) is 9.79 Å². The summed E-state index contributed by atoms with van der Waals surface area (Å²) in [5, 5.41) is 6.12. The van der Waals surface area contributed by atoms with Crippen LogP contribution in [0.15, 0.2) is 29.3 Å². The Balaban J connectivity index is 0.00000220. The van der Waals surface area contributed by atoms with E-state index in [9.17, 15) is 4.79 Å². The molecule has 0 aromatic heterocycles.